The maximum Gasteiger partial charge on any atom is 0.305 e. The molecule has 1 N–H and O–H groups in total. The van der Waals surface area contributed by atoms with E-state index in [0.29, 0.717) is 25.7 Å². The van der Waals surface area contributed by atoms with Gasteiger partial charge in [-0.1, -0.05) is 20.8 Å². The summed E-state index contributed by atoms with van der Waals surface area (Å²) in [6, 6.07) is 0. The van der Waals surface area contributed by atoms with Crippen LogP contribution >= 0.6 is 0 Å². The molecule has 0 aromatic rings. The number of imide groups is 1. The molecule has 1 aliphatic heterocycles. The summed E-state index contributed by atoms with van der Waals surface area (Å²) in [5.41, 5.74) is -1.89. The molecule has 2 atom stereocenters. The number of carboxylic acids is 1. The van der Waals surface area contributed by atoms with Crippen LogP contribution in [0.2, 0.25) is 0 Å². The summed E-state index contributed by atoms with van der Waals surface area (Å²) >= 11 is 0. The van der Waals surface area contributed by atoms with Crippen molar-refractivity contribution in [3.63, 3.8) is 0 Å². The van der Waals surface area contributed by atoms with Crippen molar-refractivity contribution >= 4 is 46.9 Å². The highest BCUT2D eigenvalue weighted by Gasteiger charge is 2.39. The van der Waals surface area contributed by atoms with Crippen molar-refractivity contribution in [3.8, 4) is 0 Å². The van der Waals surface area contributed by atoms with Crippen LogP contribution in [0.1, 0.15) is 97.8 Å². The van der Waals surface area contributed by atoms with Gasteiger partial charge in [0.05, 0.1) is 32.8 Å². The lowest BCUT2D eigenvalue weighted by Crippen LogP contribution is -2.40. The molecule has 2 aliphatic rings. The van der Waals surface area contributed by atoms with Gasteiger partial charge in [0, 0.05) is 81.4 Å². The van der Waals surface area contributed by atoms with E-state index < -0.39 is 86.3 Å². The van der Waals surface area contributed by atoms with Crippen LogP contribution in [0.4, 0.5) is 0 Å². The van der Waals surface area contributed by atoms with Crippen molar-refractivity contribution in [2.45, 2.75) is 97.8 Å². The predicted octanol–water partition coefficient (Wildman–Crippen LogP) is 2.29. The van der Waals surface area contributed by atoms with Crippen LogP contribution in [0.25, 0.3) is 0 Å². The summed E-state index contributed by atoms with van der Waals surface area (Å²) in [4.78, 5) is 120. The number of ether oxygens (including phenoxy) is 1. The maximum absolute atomic E-state index is 13.6. The minimum Gasteiger partial charge on any atom is -0.481 e. The van der Waals surface area contributed by atoms with E-state index in [1.807, 2.05) is 0 Å². The molecule has 1 aliphatic carbocycles. The van der Waals surface area contributed by atoms with Crippen LogP contribution in [0.15, 0.2) is 12.2 Å². The fraction of sp³-hybridized carbons (Fsp3) is 0.730. The first-order valence-corrected chi connectivity index (χ1v) is 21.6. The molecule has 37 nitrogen and oxygen atoms in total. The van der Waals surface area contributed by atoms with E-state index in [0.717, 1.165) is 14.2 Å². The Morgan fingerprint density at radius 2 is 1.04 bits per heavy atom. The Morgan fingerprint density at radius 3 is 1.49 bits per heavy atom. The average molecular weight is 1090 g/mol. The summed E-state index contributed by atoms with van der Waals surface area (Å²) in [7, 11) is 2.10. The number of nitrogens with zero attached hydrogens (tertiary/aromatic N) is 1. The quantitative estimate of drug-likeness (QED) is 0.0300. The van der Waals surface area contributed by atoms with Crippen molar-refractivity contribution < 1.29 is 179 Å². The maximum atomic E-state index is 13.6. The van der Waals surface area contributed by atoms with Crippen LogP contribution in [-0.4, -0.2) is 97.5 Å². The van der Waals surface area contributed by atoms with Crippen LogP contribution in [0, 0.1) is 35.0 Å². The van der Waals surface area contributed by atoms with Gasteiger partial charge in [0.15, 0.2) is 0 Å². The van der Waals surface area contributed by atoms with E-state index in [2.05, 4.69) is 121 Å². The fourth-order valence-corrected chi connectivity index (χ4v) is 6.79. The SMILES string of the molecule is COOOOOOOOOOOOOCC(COOOOOOOOOOOOOC)(COC(=O)CCCC(=O)O)CC(=O)CCC(=O)C(C)CC(=O)C(CC(=O)C1CCC(CN2C(=O)C=CC2=O)CC1)C(C)C. The van der Waals surface area contributed by atoms with Crippen molar-refractivity contribution in [3.05, 3.63) is 12.2 Å². The summed E-state index contributed by atoms with van der Waals surface area (Å²) in [5.74, 6) is -6.54. The van der Waals surface area contributed by atoms with Gasteiger partial charge in [0.2, 0.25) is 0 Å². The largest absolute Gasteiger partial charge is 0.481 e. The van der Waals surface area contributed by atoms with E-state index in [1.54, 1.807) is 13.8 Å². The number of amides is 2. The number of esters is 1. The highest BCUT2D eigenvalue weighted by Crippen LogP contribution is 2.34. The van der Waals surface area contributed by atoms with Gasteiger partial charge < -0.3 is 9.84 Å². The Kier molecular flexibility index (Phi) is 35.3. The molecular formula is C37H55NO36. The third-order valence-corrected chi connectivity index (χ3v) is 10.4. The summed E-state index contributed by atoms with van der Waals surface area (Å²) < 4.78 is 5.27. The molecule has 0 saturated heterocycles. The monoisotopic (exact) mass is 1090 g/mol. The van der Waals surface area contributed by atoms with Gasteiger partial charge in [-0.15, -0.1) is 0 Å². The molecule has 0 spiro atoms. The minimum absolute atomic E-state index is 0.0350. The Balaban J connectivity index is 2.02. The first-order chi connectivity index (χ1) is 35.6. The smallest absolute Gasteiger partial charge is 0.305 e. The van der Waals surface area contributed by atoms with Gasteiger partial charge in [-0.2, -0.15) is 0 Å². The molecule has 0 bridgehead atoms. The summed E-state index contributed by atoms with van der Waals surface area (Å²) in [6.07, 6.45) is 2.05. The number of carbonyl (C=O) groups is 8. The third-order valence-electron chi connectivity index (χ3n) is 10.4. The number of aliphatic carboxylic acids is 1. The van der Waals surface area contributed by atoms with Gasteiger partial charge in [-0.3, -0.25) is 43.3 Å². The molecule has 2 rings (SSSR count). The van der Waals surface area contributed by atoms with E-state index in [-0.39, 0.29) is 73.4 Å². The normalized spacial score (nSPS) is 16.8. The van der Waals surface area contributed by atoms with Crippen LogP contribution in [-0.2, 0) is 173 Å². The molecule has 0 radical (unpaired) electrons. The molecule has 74 heavy (non-hydrogen) atoms. The van der Waals surface area contributed by atoms with Crippen LogP contribution in [0.5, 0.6) is 0 Å². The van der Waals surface area contributed by atoms with E-state index in [9.17, 15) is 38.4 Å². The average Bonchev–Trinajstić information content (AvgIpc) is 3.69. The van der Waals surface area contributed by atoms with Crippen molar-refractivity contribution in [2.24, 2.45) is 35.0 Å². The van der Waals surface area contributed by atoms with Gasteiger partial charge in [-0.25, -0.2) is 19.6 Å². The third kappa shape index (κ3) is 29.5. The first-order valence-electron chi connectivity index (χ1n) is 21.6. The van der Waals surface area contributed by atoms with Crippen molar-refractivity contribution in [1.29, 1.82) is 0 Å². The summed E-state index contributed by atoms with van der Waals surface area (Å²) in [5, 5.41) is 93.4. The van der Waals surface area contributed by atoms with Crippen LogP contribution < -0.4 is 0 Å². The number of carboxylic acid groups (broad SMARTS) is 1. The Bertz CT molecular complexity index is 1640. The predicted molar refractivity (Wildman–Crippen MR) is 207 cm³/mol. The fourth-order valence-electron chi connectivity index (χ4n) is 6.79. The number of Topliss-reactive ketones (excluding diaryl/α,β-unsaturated/α-hetero) is 4. The minimum atomic E-state index is -1.89. The molecule has 1 heterocycles. The topological polar surface area (TPSA) is 409 Å². The van der Waals surface area contributed by atoms with Crippen molar-refractivity contribution in [1.82, 2.24) is 4.90 Å². The van der Waals surface area contributed by atoms with E-state index >= 15 is 0 Å². The second-order valence-electron chi connectivity index (χ2n) is 15.9. The molecule has 37 heteroatoms. The molecule has 2 unspecified atom stereocenters. The van der Waals surface area contributed by atoms with Gasteiger partial charge >= 0.3 is 11.9 Å². The first kappa shape index (κ1) is 65.6. The summed E-state index contributed by atoms with van der Waals surface area (Å²) in [6.45, 7) is 2.86. The van der Waals surface area contributed by atoms with Gasteiger partial charge in [-0.05, 0) is 155 Å². The van der Waals surface area contributed by atoms with E-state index in [4.69, 9.17) is 19.6 Å². The molecule has 0 aromatic heterocycles. The Labute approximate surface area is 415 Å². The Morgan fingerprint density at radius 1 is 0.581 bits per heavy atom. The van der Waals surface area contributed by atoms with Crippen molar-refractivity contribution in [2.75, 3.05) is 40.6 Å². The van der Waals surface area contributed by atoms with E-state index in [1.165, 1.54) is 24.0 Å². The number of rotatable bonds is 49. The molecule has 0 aromatic carbocycles. The molecule has 424 valence electrons. The lowest BCUT2D eigenvalue weighted by molar-refractivity contribution is -0.870. The number of ketones is 4. The molecule has 2 amide bonds. The lowest BCUT2D eigenvalue weighted by Gasteiger charge is -2.31. The number of hydrogen-bond acceptors (Lipinski definition) is 35. The zero-order chi connectivity index (χ0) is 54.4. The number of hydrogen-bond donors (Lipinski definition) is 1. The highest BCUT2D eigenvalue weighted by atomic mass is 18.0. The van der Waals surface area contributed by atoms with Gasteiger partial charge in [0.1, 0.15) is 29.7 Å². The zero-order valence-electron chi connectivity index (χ0n) is 40.0. The molecular weight excluding hydrogens is 1030 g/mol. The second kappa shape index (κ2) is 39.8. The molecule has 1 fully saturated rings. The zero-order valence-corrected chi connectivity index (χ0v) is 40.0. The lowest BCUT2D eigenvalue weighted by atomic mass is 9.75. The van der Waals surface area contributed by atoms with Crippen LogP contribution in [0.3, 0.4) is 0 Å². The molecule has 1 saturated carbocycles. The van der Waals surface area contributed by atoms with Gasteiger partial charge in [0.25, 0.3) is 11.8 Å². The Hall–Kier alpha value is -4.54. The number of carbonyl (C=O) groups excluding carboxylic acids is 7. The highest BCUT2D eigenvalue weighted by molar-refractivity contribution is 6.12. The second-order valence-corrected chi connectivity index (χ2v) is 15.9. The standard InChI is InChI=1S/C37H55NO36/c1-24(2)29(18-31(41)27-11-9-26(10-12-27)20-38-33(43)15-16-34(38)44)32(42)17-25(3)30(40)14-13-28(39)19-37(21-50-36(47)8-6-7-35(45)46,22-51-55-59-63-67-71-73-69-65-61-57-53-48-4)23-52-56-60-64-68-72-74-70-66-62-58-54-49-5/h15-16,24-27,29H,6-14,17-23H2,1-5H3,(H,45,46).